The lowest BCUT2D eigenvalue weighted by atomic mass is 10.2. The van der Waals surface area contributed by atoms with Crippen LogP contribution in [0.1, 0.15) is 26.7 Å². The zero-order chi connectivity index (χ0) is 19.7. The Morgan fingerprint density at radius 1 is 1.21 bits per heavy atom. The first-order chi connectivity index (χ1) is 13.5. The fourth-order valence-corrected chi connectivity index (χ4v) is 3.90. The fraction of sp³-hybridized carbons (Fsp3) is 0.474. The summed E-state index contributed by atoms with van der Waals surface area (Å²) in [4.78, 5) is 29.0. The van der Waals surface area contributed by atoms with Gasteiger partial charge in [-0.15, -0.1) is 0 Å². The highest BCUT2D eigenvalue weighted by Crippen LogP contribution is 2.28. The van der Waals surface area contributed by atoms with Gasteiger partial charge in [0.1, 0.15) is 5.02 Å². The molecule has 1 amide bonds. The Hall–Kier alpha value is -2.45. The van der Waals surface area contributed by atoms with Gasteiger partial charge in [-0.3, -0.25) is 9.78 Å². The summed E-state index contributed by atoms with van der Waals surface area (Å²) in [6.45, 7) is 6.23. The van der Waals surface area contributed by atoms with Gasteiger partial charge in [0.15, 0.2) is 5.82 Å². The largest absolute Gasteiger partial charge is 0.372 e. The van der Waals surface area contributed by atoms with Gasteiger partial charge in [-0.2, -0.15) is 4.98 Å². The number of morpholine rings is 1. The van der Waals surface area contributed by atoms with Gasteiger partial charge >= 0.3 is 0 Å². The summed E-state index contributed by atoms with van der Waals surface area (Å²) in [6, 6.07) is 1.88. The van der Waals surface area contributed by atoms with Crippen molar-refractivity contribution in [3.05, 3.63) is 29.7 Å². The molecule has 2 aromatic rings. The van der Waals surface area contributed by atoms with E-state index in [1.54, 1.807) is 23.5 Å². The monoisotopic (exact) mass is 402 g/mol. The Kier molecular flexibility index (Phi) is 5.32. The molecule has 0 aromatic carbocycles. The third kappa shape index (κ3) is 4.02. The predicted octanol–water partition coefficient (Wildman–Crippen LogP) is 3.01. The summed E-state index contributed by atoms with van der Waals surface area (Å²) in [7, 11) is 0. The van der Waals surface area contributed by atoms with Crippen LogP contribution in [0.2, 0.25) is 5.02 Å². The molecule has 0 radical (unpaired) electrons. The van der Waals surface area contributed by atoms with E-state index in [9.17, 15) is 4.79 Å². The second kappa shape index (κ2) is 7.89. The summed E-state index contributed by atoms with van der Waals surface area (Å²) >= 11 is 6.36. The van der Waals surface area contributed by atoms with Crippen molar-refractivity contribution in [2.24, 2.45) is 0 Å². The Bertz CT molecular complexity index is 869. The van der Waals surface area contributed by atoms with Gasteiger partial charge in [0.2, 0.25) is 11.9 Å². The van der Waals surface area contributed by atoms with Gasteiger partial charge in [0.25, 0.3) is 0 Å². The molecule has 2 aliphatic rings. The number of amides is 1. The molecule has 9 heteroatoms. The number of anilines is 4. The SMILES string of the molecule is CC1CN(c2nc(Nc3cncc(N4CCCC4=O)c3)ncc2Cl)CC(C)O1. The maximum atomic E-state index is 12.0. The first-order valence-electron chi connectivity index (χ1n) is 9.45. The third-order valence-corrected chi connectivity index (χ3v) is 5.08. The Morgan fingerprint density at radius 3 is 2.71 bits per heavy atom. The molecule has 2 aromatic heterocycles. The Labute approximate surface area is 168 Å². The maximum absolute atomic E-state index is 12.0. The number of aromatic nitrogens is 3. The van der Waals surface area contributed by atoms with E-state index in [2.05, 4.69) is 25.2 Å². The molecule has 0 bridgehead atoms. The van der Waals surface area contributed by atoms with Crippen molar-refractivity contribution in [2.75, 3.05) is 34.8 Å². The zero-order valence-corrected chi connectivity index (χ0v) is 16.7. The van der Waals surface area contributed by atoms with E-state index in [0.29, 0.717) is 42.0 Å². The molecule has 28 heavy (non-hydrogen) atoms. The number of rotatable bonds is 4. The second-order valence-corrected chi connectivity index (χ2v) is 7.64. The number of halogens is 1. The van der Waals surface area contributed by atoms with Crippen molar-refractivity contribution in [1.29, 1.82) is 0 Å². The average Bonchev–Trinajstić information content (AvgIpc) is 3.09. The van der Waals surface area contributed by atoms with Crippen LogP contribution < -0.4 is 15.1 Å². The van der Waals surface area contributed by atoms with Crippen LogP contribution in [0.5, 0.6) is 0 Å². The standard InChI is InChI=1S/C19H23ClN6O2/c1-12-10-25(11-13(2)28-12)18-16(20)9-22-19(24-18)23-14-6-15(8-21-7-14)26-5-3-4-17(26)27/h6-9,12-13H,3-5,10-11H2,1-2H3,(H,22,23,24). The van der Waals surface area contributed by atoms with E-state index >= 15 is 0 Å². The molecule has 2 unspecified atom stereocenters. The highest BCUT2D eigenvalue weighted by molar-refractivity contribution is 6.32. The van der Waals surface area contributed by atoms with E-state index in [1.807, 2.05) is 19.9 Å². The van der Waals surface area contributed by atoms with Crippen LogP contribution in [0.4, 0.5) is 23.1 Å². The van der Waals surface area contributed by atoms with Crippen LogP contribution in [-0.2, 0) is 9.53 Å². The lowest BCUT2D eigenvalue weighted by Crippen LogP contribution is -2.46. The predicted molar refractivity (Wildman–Crippen MR) is 108 cm³/mol. The van der Waals surface area contributed by atoms with E-state index in [-0.39, 0.29) is 18.1 Å². The quantitative estimate of drug-likeness (QED) is 0.841. The number of nitrogens with zero attached hydrogens (tertiary/aromatic N) is 5. The number of hydrogen-bond donors (Lipinski definition) is 1. The highest BCUT2D eigenvalue weighted by Gasteiger charge is 2.25. The van der Waals surface area contributed by atoms with E-state index in [0.717, 1.165) is 18.7 Å². The number of nitrogens with one attached hydrogen (secondary N) is 1. The van der Waals surface area contributed by atoms with Gasteiger partial charge < -0.3 is 19.9 Å². The van der Waals surface area contributed by atoms with Crippen LogP contribution in [0.25, 0.3) is 0 Å². The summed E-state index contributed by atoms with van der Waals surface area (Å²) in [6.07, 6.45) is 6.63. The van der Waals surface area contributed by atoms with Crippen molar-refractivity contribution < 1.29 is 9.53 Å². The normalized spacial score (nSPS) is 22.6. The van der Waals surface area contributed by atoms with Crippen LogP contribution in [0.15, 0.2) is 24.7 Å². The smallest absolute Gasteiger partial charge is 0.229 e. The number of pyridine rings is 1. The van der Waals surface area contributed by atoms with Crippen molar-refractivity contribution in [1.82, 2.24) is 15.0 Å². The summed E-state index contributed by atoms with van der Waals surface area (Å²) < 4.78 is 5.79. The Morgan fingerprint density at radius 2 is 2.00 bits per heavy atom. The number of carbonyl (C=O) groups is 1. The first-order valence-corrected chi connectivity index (χ1v) is 9.83. The molecule has 8 nitrogen and oxygen atoms in total. The van der Waals surface area contributed by atoms with Gasteiger partial charge in [-0.05, 0) is 26.3 Å². The fourth-order valence-electron chi connectivity index (χ4n) is 3.68. The lowest BCUT2D eigenvalue weighted by molar-refractivity contribution is -0.117. The third-order valence-electron chi connectivity index (χ3n) is 4.81. The summed E-state index contributed by atoms with van der Waals surface area (Å²) in [5.41, 5.74) is 1.49. The topological polar surface area (TPSA) is 83.5 Å². The Balaban J connectivity index is 1.55. The molecule has 0 saturated carbocycles. The molecular formula is C19H23ClN6O2. The first kappa shape index (κ1) is 18.9. The minimum absolute atomic E-state index is 0.102. The molecule has 0 aliphatic carbocycles. The van der Waals surface area contributed by atoms with Gasteiger partial charge in [0.05, 0.1) is 42.2 Å². The number of ether oxygens (including phenoxy) is 1. The molecule has 4 rings (SSSR count). The minimum atomic E-state index is 0.102. The van der Waals surface area contributed by atoms with Crippen molar-refractivity contribution in [2.45, 2.75) is 38.9 Å². The number of carbonyl (C=O) groups excluding carboxylic acids is 1. The summed E-state index contributed by atoms with van der Waals surface area (Å²) in [5.74, 6) is 1.23. The molecule has 0 spiro atoms. The highest BCUT2D eigenvalue weighted by atomic mass is 35.5. The second-order valence-electron chi connectivity index (χ2n) is 7.23. The minimum Gasteiger partial charge on any atom is -0.372 e. The molecule has 1 N–H and O–H groups in total. The zero-order valence-electron chi connectivity index (χ0n) is 15.9. The van der Waals surface area contributed by atoms with E-state index < -0.39 is 0 Å². The molecule has 2 fully saturated rings. The maximum Gasteiger partial charge on any atom is 0.229 e. The molecule has 2 saturated heterocycles. The van der Waals surface area contributed by atoms with Crippen molar-refractivity contribution in [3.63, 3.8) is 0 Å². The van der Waals surface area contributed by atoms with Gasteiger partial charge in [-0.1, -0.05) is 11.6 Å². The number of hydrogen-bond acceptors (Lipinski definition) is 7. The van der Waals surface area contributed by atoms with Crippen LogP contribution in [0, 0.1) is 0 Å². The summed E-state index contributed by atoms with van der Waals surface area (Å²) in [5, 5.41) is 3.67. The van der Waals surface area contributed by atoms with Gasteiger partial charge in [-0.25, -0.2) is 4.98 Å². The van der Waals surface area contributed by atoms with Crippen LogP contribution in [0.3, 0.4) is 0 Å². The van der Waals surface area contributed by atoms with Crippen molar-refractivity contribution >= 4 is 40.6 Å². The van der Waals surface area contributed by atoms with E-state index in [4.69, 9.17) is 16.3 Å². The molecule has 2 aliphatic heterocycles. The molecule has 2 atom stereocenters. The van der Waals surface area contributed by atoms with Crippen LogP contribution >= 0.6 is 11.6 Å². The van der Waals surface area contributed by atoms with E-state index in [1.165, 1.54) is 0 Å². The van der Waals surface area contributed by atoms with Crippen molar-refractivity contribution in [3.8, 4) is 0 Å². The molecule has 4 heterocycles. The average molecular weight is 403 g/mol. The lowest BCUT2D eigenvalue weighted by Gasteiger charge is -2.36. The van der Waals surface area contributed by atoms with Gasteiger partial charge in [0, 0.05) is 26.1 Å². The van der Waals surface area contributed by atoms with Crippen LogP contribution in [-0.4, -0.2) is 52.7 Å². The molecular weight excluding hydrogens is 380 g/mol. The molecule has 148 valence electrons.